The summed E-state index contributed by atoms with van der Waals surface area (Å²) < 4.78 is 7.03. The maximum Gasteiger partial charge on any atom is 0.254 e. The van der Waals surface area contributed by atoms with Gasteiger partial charge in [-0.15, -0.1) is 22.6 Å². The Labute approximate surface area is 179 Å². The zero-order valence-electron chi connectivity index (χ0n) is 16.0. The van der Waals surface area contributed by atoms with Gasteiger partial charge in [0.2, 0.25) is 5.13 Å². The van der Waals surface area contributed by atoms with E-state index in [1.54, 1.807) is 18.0 Å². The molecule has 1 aromatic carbocycles. The molecule has 1 fully saturated rings. The van der Waals surface area contributed by atoms with Crippen molar-refractivity contribution in [3.05, 3.63) is 53.3 Å². The van der Waals surface area contributed by atoms with E-state index in [4.69, 9.17) is 4.74 Å². The summed E-state index contributed by atoms with van der Waals surface area (Å²) in [4.78, 5) is 13.2. The molecule has 3 aromatic rings. The average molecular weight is 435 g/mol. The van der Waals surface area contributed by atoms with Crippen molar-refractivity contribution in [2.45, 2.75) is 24.8 Å². The molecule has 3 heterocycles. The summed E-state index contributed by atoms with van der Waals surface area (Å²) in [6.07, 6.45) is 5.54. The number of anilines is 1. The Morgan fingerprint density at radius 2 is 2.14 bits per heavy atom. The summed E-state index contributed by atoms with van der Waals surface area (Å²) in [5, 5.41) is 20.3. The number of carbonyl (C=O) groups is 1. The fourth-order valence-corrected chi connectivity index (χ4v) is 4.24. The minimum Gasteiger partial charge on any atom is -0.497 e. The van der Waals surface area contributed by atoms with Crippen LogP contribution < -0.4 is 15.4 Å². The summed E-state index contributed by atoms with van der Waals surface area (Å²) in [5.41, 5.74) is 0.382. The SMILES string of the molecule is COc1cccc(Cc2nnc(NC(=O)C3(n4cccn4)CCNCC3)s2)c1.Cl. The number of nitrogens with zero attached hydrogens (tertiary/aromatic N) is 4. The van der Waals surface area contributed by atoms with Crippen molar-refractivity contribution in [1.82, 2.24) is 25.3 Å². The highest BCUT2D eigenvalue weighted by atomic mass is 35.5. The first-order valence-corrected chi connectivity index (χ1v) is 9.99. The van der Waals surface area contributed by atoms with Gasteiger partial charge in [-0.05, 0) is 49.7 Å². The molecular weight excluding hydrogens is 412 g/mol. The van der Waals surface area contributed by atoms with Crippen molar-refractivity contribution in [3.8, 4) is 5.75 Å². The van der Waals surface area contributed by atoms with E-state index in [0.29, 0.717) is 24.4 Å². The molecule has 0 radical (unpaired) electrons. The number of methoxy groups -OCH3 is 1. The third-order valence-corrected chi connectivity index (χ3v) is 5.81. The molecule has 10 heteroatoms. The lowest BCUT2D eigenvalue weighted by Gasteiger charge is -2.36. The Balaban J connectivity index is 0.00000240. The quantitative estimate of drug-likeness (QED) is 0.619. The number of rotatable bonds is 6. The van der Waals surface area contributed by atoms with Gasteiger partial charge in [0, 0.05) is 18.8 Å². The standard InChI is InChI=1S/C19H22N6O2S.ClH/c1-27-15-5-2-4-14(12-15)13-16-23-24-18(28-16)22-17(26)19(6-9-20-10-7-19)25-11-3-8-21-25;/h2-5,8,11-12,20H,6-7,9-10,13H2,1H3,(H,22,24,26);1H. The van der Waals surface area contributed by atoms with Gasteiger partial charge in [0.1, 0.15) is 16.3 Å². The topological polar surface area (TPSA) is 94.0 Å². The lowest BCUT2D eigenvalue weighted by atomic mass is 9.87. The van der Waals surface area contributed by atoms with E-state index in [1.807, 2.05) is 36.5 Å². The van der Waals surface area contributed by atoms with Crippen LogP contribution >= 0.6 is 23.7 Å². The third-order valence-electron chi connectivity index (χ3n) is 4.97. The molecule has 1 saturated heterocycles. The van der Waals surface area contributed by atoms with Gasteiger partial charge in [-0.25, -0.2) is 0 Å². The summed E-state index contributed by atoms with van der Waals surface area (Å²) in [7, 11) is 1.65. The number of hydrogen-bond acceptors (Lipinski definition) is 7. The molecule has 0 unspecified atom stereocenters. The Morgan fingerprint density at radius 3 is 2.86 bits per heavy atom. The van der Waals surface area contributed by atoms with Crippen molar-refractivity contribution < 1.29 is 9.53 Å². The van der Waals surface area contributed by atoms with Gasteiger partial charge < -0.3 is 10.1 Å². The summed E-state index contributed by atoms with van der Waals surface area (Å²) >= 11 is 1.39. The van der Waals surface area contributed by atoms with E-state index in [1.165, 1.54) is 11.3 Å². The predicted molar refractivity (Wildman–Crippen MR) is 114 cm³/mol. The normalized spacial score (nSPS) is 15.3. The van der Waals surface area contributed by atoms with Crippen LogP contribution in [-0.2, 0) is 16.8 Å². The largest absolute Gasteiger partial charge is 0.497 e. The predicted octanol–water partition coefficient (Wildman–Crippen LogP) is 2.47. The van der Waals surface area contributed by atoms with E-state index in [2.05, 4.69) is 25.9 Å². The molecule has 1 aliphatic heterocycles. The van der Waals surface area contributed by atoms with Crippen LogP contribution in [0.2, 0.25) is 0 Å². The molecule has 2 aromatic heterocycles. The number of ether oxygens (including phenoxy) is 1. The number of benzene rings is 1. The van der Waals surface area contributed by atoms with Gasteiger partial charge in [-0.2, -0.15) is 5.10 Å². The van der Waals surface area contributed by atoms with E-state index in [-0.39, 0.29) is 18.3 Å². The summed E-state index contributed by atoms with van der Waals surface area (Å²) in [5.74, 6) is 0.712. The highest BCUT2D eigenvalue weighted by molar-refractivity contribution is 7.15. The number of amides is 1. The lowest BCUT2D eigenvalue weighted by Crippen LogP contribution is -2.52. The first-order valence-electron chi connectivity index (χ1n) is 9.17. The Kier molecular flexibility index (Phi) is 6.83. The summed E-state index contributed by atoms with van der Waals surface area (Å²) in [6, 6.07) is 9.69. The molecule has 0 saturated carbocycles. The molecule has 4 rings (SSSR count). The van der Waals surface area contributed by atoms with Gasteiger partial charge in [-0.1, -0.05) is 23.5 Å². The molecule has 0 aliphatic carbocycles. The minimum atomic E-state index is -0.701. The van der Waals surface area contributed by atoms with Gasteiger partial charge in [0.15, 0.2) is 0 Å². The number of nitrogens with one attached hydrogen (secondary N) is 2. The van der Waals surface area contributed by atoms with Crippen LogP contribution in [0.3, 0.4) is 0 Å². The molecule has 0 spiro atoms. The Morgan fingerprint density at radius 1 is 1.31 bits per heavy atom. The number of piperidine rings is 1. The molecule has 2 N–H and O–H groups in total. The molecule has 0 atom stereocenters. The highest BCUT2D eigenvalue weighted by Gasteiger charge is 2.42. The molecule has 8 nitrogen and oxygen atoms in total. The molecule has 1 aliphatic rings. The van der Waals surface area contributed by atoms with Crippen LogP contribution in [0.25, 0.3) is 0 Å². The van der Waals surface area contributed by atoms with Crippen LogP contribution in [0.15, 0.2) is 42.7 Å². The van der Waals surface area contributed by atoms with Crippen LogP contribution in [0, 0.1) is 0 Å². The smallest absolute Gasteiger partial charge is 0.254 e. The van der Waals surface area contributed by atoms with E-state index >= 15 is 0 Å². The summed E-state index contributed by atoms with van der Waals surface area (Å²) in [6.45, 7) is 1.54. The van der Waals surface area contributed by atoms with Gasteiger partial charge in [0.25, 0.3) is 5.91 Å². The average Bonchev–Trinajstić information content (AvgIpc) is 3.41. The fourth-order valence-electron chi connectivity index (χ4n) is 3.47. The van der Waals surface area contributed by atoms with Crippen molar-refractivity contribution in [2.24, 2.45) is 0 Å². The molecular formula is C19H23ClN6O2S. The van der Waals surface area contributed by atoms with Crippen LogP contribution in [0.4, 0.5) is 5.13 Å². The van der Waals surface area contributed by atoms with E-state index in [9.17, 15) is 4.79 Å². The number of carbonyl (C=O) groups excluding carboxylic acids is 1. The Hall–Kier alpha value is -2.49. The number of halogens is 1. The fraction of sp³-hybridized carbons (Fsp3) is 0.368. The highest BCUT2D eigenvalue weighted by Crippen LogP contribution is 2.29. The van der Waals surface area contributed by atoms with Crippen molar-refractivity contribution in [1.29, 1.82) is 0 Å². The third kappa shape index (κ3) is 4.58. The number of hydrogen-bond donors (Lipinski definition) is 2. The van der Waals surface area contributed by atoms with E-state index < -0.39 is 5.54 Å². The minimum absolute atomic E-state index is 0. The molecule has 29 heavy (non-hydrogen) atoms. The zero-order valence-corrected chi connectivity index (χ0v) is 17.6. The first-order chi connectivity index (χ1) is 13.7. The van der Waals surface area contributed by atoms with E-state index in [0.717, 1.165) is 29.4 Å². The van der Waals surface area contributed by atoms with Crippen LogP contribution in [-0.4, -0.2) is 46.1 Å². The van der Waals surface area contributed by atoms with Crippen molar-refractivity contribution in [3.63, 3.8) is 0 Å². The molecule has 154 valence electrons. The van der Waals surface area contributed by atoms with Gasteiger partial charge >= 0.3 is 0 Å². The number of aromatic nitrogens is 4. The maximum atomic E-state index is 13.2. The molecule has 0 bridgehead atoms. The van der Waals surface area contributed by atoms with Crippen molar-refractivity contribution >= 4 is 34.8 Å². The second kappa shape index (κ2) is 9.34. The molecule has 1 amide bonds. The second-order valence-corrected chi connectivity index (χ2v) is 7.78. The second-order valence-electron chi connectivity index (χ2n) is 6.72. The zero-order chi connectivity index (χ0) is 19.4. The first kappa shape index (κ1) is 21.2. The van der Waals surface area contributed by atoms with Crippen molar-refractivity contribution in [2.75, 3.05) is 25.5 Å². The van der Waals surface area contributed by atoms with Crippen LogP contribution in [0.1, 0.15) is 23.4 Å². The lowest BCUT2D eigenvalue weighted by molar-refractivity contribution is -0.126. The van der Waals surface area contributed by atoms with Gasteiger partial charge in [-0.3, -0.25) is 14.8 Å². The maximum absolute atomic E-state index is 13.2. The Bertz CT molecular complexity index is 940. The van der Waals surface area contributed by atoms with Crippen LogP contribution in [0.5, 0.6) is 5.75 Å². The monoisotopic (exact) mass is 434 g/mol. The van der Waals surface area contributed by atoms with Gasteiger partial charge in [0.05, 0.1) is 7.11 Å².